The summed E-state index contributed by atoms with van der Waals surface area (Å²) >= 11 is 1.50. The fourth-order valence-corrected chi connectivity index (χ4v) is 3.39. The zero-order chi connectivity index (χ0) is 22.7. The van der Waals surface area contributed by atoms with Crippen LogP contribution >= 0.6 is 11.8 Å². The Kier molecular flexibility index (Phi) is 10.8. The Morgan fingerprint density at radius 1 is 1.10 bits per heavy atom. The first-order valence-electron chi connectivity index (χ1n) is 9.39. The molecule has 3 heterocycles. The van der Waals surface area contributed by atoms with E-state index in [-0.39, 0.29) is 0 Å². The van der Waals surface area contributed by atoms with Crippen LogP contribution in [0.15, 0.2) is 16.2 Å². The SMILES string of the molecule is CC(=O)O.CC(=O)O.Cc1cc(Sc2nnc(CN)n2C)nc(N2CCCCC2)n1. The highest BCUT2D eigenvalue weighted by Crippen LogP contribution is 2.27. The number of carboxylic acid groups (broad SMARTS) is 2. The maximum absolute atomic E-state index is 9.00. The molecule has 1 saturated heterocycles. The Balaban J connectivity index is 0.000000485. The minimum absolute atomic E-state index is 0.381. The Labute approximate surface area is 179 Å². The van der Waals surface area contributed by atoms with Crippen molar-refractivity contribution in [1.82, 2.24) is 24.7 Å². The highest BCUT2D eigenvalue weighted by molar-refractivity contribution is 7.99. The van der Waals surface area contributed by atoms with Crippen LogP contribution in [0.4, 0.5) is 5.95 Å². The van der Waals surface area contributed by atoms with Gasteiger partial charge in [-0.2, -0.15) is 0 Å². The summed E-state index contributed by atoms with van der Waals surface area (Å²) < 4.78 is 1.91. The van der Waals surface area contributed by atoms with Crippen LogP contribution in [0.2, 0.25) is 0 Å². The molecule has 2 aromatic rings. The van der Waals surface area contributed by atoms with Gasteiger partial charge in [-0.25, -0.2) is 9.97 Å². The van der Waals surface area contributed by atoms with Gasteiger partial charge in [0, 0.05) is 39.7 Å². The van der Waals surface area contributed by atoms with Crippen LogP contribution in [0.1, 0.15) is 44.6 Å². The Morgan fingerprint density at radius 2 is 1.67 bits per heavy atom. The summed E-state index contributed by atoms with van der Waals surface area (Å²) in [7, 11) is 1.92. The van der Waals surface area contributed by atoms with Crippen molar-refractivity contribution in [2.24, 2.45) is 12.8 Å². The summed E-state index contributed by atoms with van der Waals surface area (Å²) in [4.78, 5) is 29.5. The van der Waals surface area contributed by atoms with Gasteiger partial charge in [-0.15, -0.1) is 10.2 Å². The van der Waals surface area contributed by atoms with E-state index < -0.39 is 11.9 Å². The molecule has 3 rings (SSSR count). The molecule has 0 spiro atoms. The van der Waals surface area contributed by atoms with Crippen molar-refractivity contribution < 1.29 is 19.8 Å². The average molecular weight is 440 g/mol. The number of aryl methyl sites for hydroxylation is 1. The van der Waals surface area contributed by atoms with E-state index in [1.54, 1.807) is 0 Å². The first-order valence-corrected chi connectivity index (χ1v) is 10.2. The zero-order valence-corrected chi connectivity index (χ0v) is 18.5. The van der Waals surface area contributed by atoms with Gasteiger partial charge in [-0.3, -0.25) is 9.59 Å². The number of hydrogen-bond acceptors (Lipinski definition) is 9. The third kappa shape index (κ3) is 9.18. The van der Waals surface area contributed by atoms with Crippen molar-refractivity contribution >= 4 is 29.6 Å². The van der Waals surface area contributed by atoms with Crippen molar-refractivity contribution in [3.05, 3.63) is 17.6 Å². The molecule has 11 nitrogen and oxygen atoms in total. The summed E-state index contributed by atoms with van der Waals surface area (Å²) in [6, 6.07) is 1.98. The Morgan fingerprint density at radius 3 is 2.17 bits per heavy atom. The van der Waals surface area contributed by atoms with E-state index in [1.807, 2.05) is 24.6 Å². The molecule has 2 aromatic heterocycles. The lowest BCUT2D eigenvalue weighted by Gasteiger charge is -2.27. The smallest absolute Gasteiger partial charge is 0.300 e. The van der Waals surface area contributed by atoms with Crippen molar-refractivity contribution in [2.75, 3.05) is 18.0 Å². The van der Waals surface area contributed by atoms with E-state index in [0.717, 1.165) is 54.6 Å². The summed E-state index contributed by atoms with van der Waals surface area (Å²) in [5, 5.41) is 24.8. The number of aromatic nitrogens is 5. The van der Waals surface area contributed by atoms with Crippen molar-refractivity contribution in [3.8, 4) is 0 Å². The van der Waals surface area contributed by atoms with E-state index in [4.69, 9.17) is 30.5 Å². The van der Waals surface area contributed by atoms with Gasteiger partial charge in [0.05, 0.1) is 6.54 Å². The number of anilines is 1. The lowest BCUT2D eigenvalue weighted by Crippen LogP contribution is -2.31. The predicted molar refractivity (Wildman–Crippen MR) is 112 cm³/mol. The minimum Gasteiger partial charge on any atom is -0.481 e. The molecule has 0 bridgehead atoms. The summed E-state index contributed by atoms with van der Waals surface area (Å²) in [6.07, 6.45) is 3.72. The number of hydrogen-bond donors (Lipinski definition) is 3. The fraction of sp³-hybridized carbons (Fsp3) is 0.556. The molecule has 12 heteroatoms. The van der Waals surface area contributed by atoms with Crippen LogP contribution in [0.5, 0.6) is 0 Å². The van der Waals surface area contributed by atoms with Crippen molar-refractivity contribution in [1.29, 1.82) is 0 Å². The number of piperidine rings is 1. The van der Waals surface area contributed by atoms with E-state index in [2.05, 4.69) is 20.1 Å². The van der Waals surface area contributed by atoms with Crippen LogP contribution in [0.25, 0.3) is 0 Å². The van der Waals surface area contributed by atoms with Crippen LogP contribution in [0, 0.1) is 6.92 Å². The van der Waals surface area contributed by atoms with E-state index >= 15 is 0 Å². The van der Waals surface area contributed by atoms with E-state index in [1.165, 1.54) is 31.0 Å². The molecule has 0 amide bonds. The average Bonchev–Trinajstić information content (AvgIpc) is 3.01. The quantitative estimate of drug-likeness (QED) is 0.595. The van der Waals surface area contributed by atoms with Gasteiger partial charge in [0.15, 0.2) is 5.16 Å². The maximum Gasteiger partial charge on any atom is 0.300 e. The second-order valence-corrected chi connectivity index (χ2v) is 7.48. The second kappa shape index (κ2) is 12.8. The molecule has 1 aliphatic rings. The van der Waals surface area contributed by atoms with Gasteiger partial charge in [-0.05, 0) is 44.0 Å². The summed E-state index contributed by atoms with van der Waals surface area (Å²) in [5.74, 6) is -0.0760. The summed E-state index contributed by atoms with van der Waals surface area (Å²) in [6.45, 7) is 6.62. The van der Waals surface area contributed by atoms with Crippen LogP contribution < -0.4 is 10.6 Å². The third-order valence-corrected chi connectivity index (χ3v) is 4.72. The normalized spacial score (nSPS) is 12.9. The molecule has 30 heavy (non-hydrogen) atoms. The van der Waals surface area contributed by atoms with Crippen molar-refractivity contribution in [3.63, 3.8) is 0 Å². The first-order chi connectivity index (χ1) is 14.1. The topological polar surface area (TPSA) is 160 Å². The number of aliphatic carboxylic acids is 2. The molecule has 1 fully saturated rings. The molecule has 0 atom stereocenters. The van der Waals surface area contributed by atoms with Crippen LogP contribution in [-0.2, 0) is 23.2 Å². The molecule has 4 N–H and O–H groups in total. The molecule has 0 aromatic carbocycles. The standard InChI is InChI=1S/C14H21N7S.2C2H4O2/c1-10-8-12(22-14-19-18-11(9-15)20(14)2)17-13(16-10)21-6-4-3-5-7-21;2*1-2(3)4/h8H,3-7,9,15H2,1-2H3;2*1H3,(H,3,4). The van der Waals surface area contributed by atoms with Crippen LogP contribution in [-0.4, -0.2) is 60.0 Å². The molecule has 166 valence electrons. The maximum atomic E-state index is 9.00. The Bertz CT molecular complexity index is 818. The lowest BCUT2D eigenvalue weighted by molar-refractivity contribution is -0.135. The monoisotopic (exact) mass is 439 g/mol. The van der Waals surface area contributed by atoms with Crippen molar-refractivity contribution in [2.45, 2.75) is 56.8 Å². The number of nitrogens with zero attached hydrogens (tertiary/aromatic N) is 6. The van der Waals surface area contributed by atoms with Gasteiger partial charge in [0.2, 0.25) is 5.95 Å². The van der Waals surface area contributed by atoms with Gasteiger partial charge in [0.25, 0.3) is 11.9 Å². The number of carboxylic acids is 2. The van der Waals surface area contributed by atoms with Gasteiger partial charge in [0.1, 0.15) is 10.9 Å². The minimum atomic E-state index is -0.833. The summed E-state index contributed by atoms with van der Waals surface area (Å²) in [5.41, 5.74) is 6.61. The second-order valence-electron chi connectivity index (χ2n) is 6.50. The number of carbonyl (C=O) groups is 2. The van der Waals surface area contributed by atoms with Gasteiger partial charge >= 0.3 is 0 Å². The molecule has 0 saturated carbocycles. The number of nitrogens with two attached hydrogens (primary N) is 1. The predicted octanol–water partition coefficient (Wildman–Crippen LogP) is 1.70. The fourth-order valence-electron chi connectivity index (χ4n) is 2.52. The molecule has 0 unspecified atom stereocenters. The Hall–Kier alpha value is -2.73. The highest BCUT2D eigenvalue weighted by Gasteiger charge is 2.16. The van der Waals surface area contributed by atoms with Crippen LogP contribution in [0.3, 0.4) is 0 Å². The van der Waals surface area contributed by atoms with E-state index in [9.17, 15) is 0 Å². The molecular weight excluding hydrogens is 410 g/mol. The molecule has 1 aliphatic heterocycles. The number of rotatable bonds is 4. The van der Waals surface area contributed by atoms with E-state index in [0.29, 0.717) is 6.54 Å². The third-order valence-electron chi connectivity index (χ3n) is 3.76. The lowest BCUT2D eigenvalue weighted by atomic mass is 10.1. The molecule has 0 radical (unpaired) electrons. The molecular formula is C18H29N7O4S. The first kappa shape index (κ1) is 25.3. The zero-order valence-electron chi connectivity index (χ0n) is 17.7. The highest BCUT2D eigenvalue weighted by atomic mass is 32.2. The van der Waals surface area contributed by atoms with Gasteiger partial charge < -0.3 is 25.4 Å². The largest absolute Gasteiger partial charge is 0.481 e. The molecule has 0 aliphatic carbocycles. The van der Waals surface area contributed by atoms with Gasteiger partial charge in [-0.1, -0.05) is 0 Å².